The molecule has 0 bridgehead atoms. The first-order valence-electron chi connectivity index (χ1n) is 10.6. The standard InChI is InChI=1S/C22H27N7O4S/c1-14-18(20(34-29-14)28-16-13-23-9-10-24-16)19(30)27-15-6-7-17(26-12-15)32-11-5-8-25-21(31)33-22(2,3)4/h6-7,9-10,12-13H,5,8,11H2,1-4H3,(H,24,28)(H,25,31)(H,27,30). The lowest BCUT2D eigenvalue weighted by atomic mass is 10.2. The van der Waals surface area contributed by atoms with Crippen LogP contribution in [0.1, 0.15) is 43.2 Å². The molecule has 0 spiro atoms. The van der Waals surface area contributed by atoms with E-state index in [1.807, 2.05) is 20.8 Å². The van der Waals surface area contributed by atoms with E-state index < -0.39 is 11.7 Å². The number of aryl methyl sites for hydroxylation is 1. The molecule has 180 valence electrons. The maximum Gasteiger partial charge on any atom is 0.407 e. The molecule has 0 aromatic carbocycles. The third-order valence-electron chi connectivity index (χ3n) is 4.13. The molecule has 3 aromatic rings. The predicted octanol–water partition coefficient (Wildman–Crippen LogP) is 3.93. The van der Waals surface area contributed by atoms with E-state index in [4.69, 9.17) is 9.47 Å². The van der Waals surface area contributed by atoms with E-state index in [0.717, 1.165) is 0 Å². The summed E-state index contributed by atoms with van der Waals surface area (Å²) in [6, 6.07) is 3.36. The van der Waals surface area contributed by atoms with Gasteiger partial charge >= 0.3 is 6.09 Å². The molecule has 2 amide bonds. The molecule has 0 aliphatic rings. The molecule has 0 unspecified atom stereocenters. The van der Waals surface area contributed by atoms with Crippen molar-refractivity contribution in [2.75, 3.05) is 23.8 Å². The molecule has 34 heavy (non-hydrogen) atoms. The van der Waals surface area contributed by atoms with Crippen molar-refractivity contribution in [3.63, 3.8) is 0 Å². The molecule has 3 heterocycles. The van der Waals surface area contributed by atoms with Gasteiger partial charge in [0.25, 0.3) is 5.91 Å². The molecule has 3 aromatic heterocycles. The minimum Gasteiger partial charge on any atom is -0.478 e. The van der Waals surface area contributed by atoms with E-state index >= 15 is 0 Å². The third-order valence-corrected chi connectivity index (χ3v) is 4.98. The van der Waals surface area contributed by atoms with Gasteiger partial charge in [0.2, 0.25) is 5.88 Å². The summed E-state index contributed by atoms with van der Waals surface area (Å²) in [5.74, 6) is 0.611. The molecule has 0 saturated carbocycles. The second kappa shape index (κ2) is 11.4. The lowest BCUT2D eigenvalue weighted by Gasteiger charge is -2.19. The highest BCUT2D eigenvalue weighted by molar-refractivity contribution is 7.10. The van der Waals surface area contributed by atoms with Crippen LogP contribution in [0.15, 0.2) is 36.9 Å². The molecule has 0 aliphatic heterocycles. The van der Waals surface area contributed by atoms with Crippen LogP contribution < -0.4 is 20.7 Å². The summed E-state index contributed by atoms with van der Waals surface area (Å²) in [4.78, 5) is 36.8. The van der Waals surface area contributed by atoms with Crippen molar-refractivity contribution in [2.45, 2.75) is 39.7 Å². The lowest BCUT2D eigenvalue weighted by molar-refractivity contribution is 0.0525. The van der Waals surface area contributed by atoms with Crippen molar-refractivity contribution in [3.05, 3.63) is 48.2 Å². The monoisotopic (exact) mass is 485 g/mol. The van der Waals surface area contributed by atoms with Gasteiger partial charge in [-0.2, -0.15) is 4.37 Å². The Morgan fingerprint density at radius 2 is 1.94 bits per heavy atom. The number of carbonyl (C=O) groups excluding carboxylic acids is 2. The topological polar surface area (TPSA) is 140 Å². The minimum atomic E-state index is -0.533. The summed E-state index contributed by atoms with van der Waals surface area (Å²) in [7, 11) is 0. The zero-order chi connectivity index (χ0) is 24.6. The van der Waals surface area contributed by atoms with E-state index in [9.17, 15) is 9.59 Å². The second-order valence-corrected chi connectivity index (χ2v) is 8.93. The molecule has 0 aliphatic carbocycles. The highest BCUT2D eigenvalue weighted by Gasteiger charge is 2.19. The van der Waals surface area contributed by atoms with E-state index in [0.29, 0.717) is 53.2 Å². The summed E-state index contributed by atoms with van der Waals surface area (Å²) in [6.07, 6.45) is 6.33. The van der Waals surface area contributed by atoms with Gasteiger partial charge in [0, 0.05) is 25.0 Å². The van der Waals surface area contributed by atoms with Crippen LogP contribution in [0.3, 0.4) is 0 Å². The molecule has 0 radical (unpaired) electrons. The molecule has 12 heteroatoms. The zero-order valence-corrected chi connectivity index (χ0v) is 20.2. The number of hydrogen-bond donors (Lipinski definition) is 3. The first-order chi connectivity index (χ1) is 16.2. The molecule has 3 N–H and O–H groups in total. The summed E-state index contributed by atoms with van der Waals surface area (Å²) in [5, 5.41) is 9.13. The van der Waals surface area contributed by atoms with Gasteiger partial charge in [0.15, 0.2) is 0 Å². The lowest BCUT2D eigenvalue weighted by Crippen LogP contribution is -2.33. The van der Waals surface area contributed by atoms with Crippen molar-refractivity contribution < 1.29 is 19.1 Å². The first-order valence-corrected chi connectivity index (χ1v) is 11.3. The van der Waals surface area contributed by atoms with Crippen LogP contribution in [0.4, 0.5) is 21.3 Å². The Morgan fingerprint density at radius 1 is 1.12 bits per heavy atom. The number of rotatable bonds is 9. The molecule has 3 rings (SSSR count). The van der Waals surface area contributed by atoms with Crippen LogP contribution in [0.5, 0.6) is 5.88 Å². The fraction of sp³-hybridized carbons (Fsp3) is 0.364. The van der Waals surface area contributed by atoms with Crippen LogP contribution in [-0.2, 0) is 4.74 Å². The van der Waals surface area contributed by atoms with Crippen molar-refractivity contribution in [2.24, 2.45) is 0 Å². The zero-order valence-electron chi connectivity index (χ0n) is 19.4. The number of amides is 2. The molecule has 0 saturated heterocycles. The Morgan fingerprint density at radius 3 is 2.62 bits per heavy atom. The van der Waals surface area contributed by atoms with Crippen molar-refractivity contribution in [3.8, 4) is 5.88 Å². The maximum absolute atomic E-state index is 12.9. The number of ether oxygens (including phenoxy) is 2. The minimum absolute atomic E-state index is 0.318. The van der Waals surface area contributed by atoms with Gasteiger partial charge in [-0.1, -0.05) is 0 Å². The van der Waals surface area contributed by atoms with Gasteiger partial charge in [-0.05, 0) is 51.7 Å². The maximum atomic E-state index is 12.9. The summed E-state index contributed by atoms with van der Waals surface area (Å²) in [6.45, 7) is 7.97. The number of alkyl carbamates (subject to hydrolysis) is 1. The molecular weight excluding hydrogens is 458 g/mol. The van der Waals surface area contributed by atoms with E-state index in [2.05, 4.69) is 35.3 Å². The molecule has 0 fully saturated rings. The van der Waals surface area contributed by atoms with Gasteiger partial charge in [0.1, 0.15) is 16.4 Å². The van der Waals surface area contributed by atoms with E-state index in [-0.39, 0.29) is 5.91 Å². The first kappa shape index (κ1) is 24.8. The SMILES string of the molecule is Cc1nsc(Nc2cnccn2)c1C(=O)Nc1ccc(OCCCNC(=O)OC(C)(C)C)nc1. The Balaban J connectivity index is 1.47. The van der Waals surface area contributed by atoms with Crippen molar-refractivity contribution in [1.29, 1.82) is 0 Å². The van der Waals surface area contributed by atoms with Gasteiger partial charge < -0.3 is 25.4 Å². The van der Waals surface area contributed by atoms with Crippen molar-refractivity contribution >= 4 is 40.0 Å². The van der Waals surface area contributed by atoms with E-state index in [1.54, 1.807) is 37.6 Å². The normalized spacial score (nSPS) is 10.9. The second-order valence-electron chi connectivity index (χ2n) is 8.16. The number of aromatic nitrogens is 4. The number of hydrogen-bond acceptors (Lipinski definition) is 10. The summed E-state index contributed by atoms with van der Waals surface area (Å²) >= 11 is 1.17. The largest absolute Gasteiger partial charge is 0.478 e. The average Bonchev–Trinajstić information content (AvgIpc) is 3.14. The summed E-state index contributed by atoms with van der Waals surface area (Å²) < 4.78 is 15.0. The van der Waals surface area contributed by atoms with Gasteiger partial charge in [0.05, 0.1) is 35.9 Å². The fourth-order valence-electron chi connectivity index (χ4n) is 2.69. The molecular formula is C22H27N7O4S. The number of pyridine rings is 1. The van der Waals surface area contributed by atoms with Gasteiger partial charge in [-0.3, -0.25) is 9.78 Å². The Kier molecular flexibility index (Phi) is 8.30. The number of anilines is 3. The summed E-state index contributed by atoms with van der Waals surface area (Å²) in [5.41, 5.74) is 1.00. The van der Waals surface area contributed by atoms with Crippen molar-refractivity contribution in [1.82, 2.24) is 24.6 Å². The Labute approximate surface area is 201 Å². The smallest absolute Gasteiger partial charge is 0.407 e. The fourth-order valence-corrected chi connectivity index (χ4v) is 3.49. The molecule has 11 nitrogen and oxygen atoms in total. The number of nitrogens with zero attached hydrogens (tertiary/aromatic N) is 4. The van der Waals surface area contributed by atoms with Crippen LogP contribution in [0.2, 0.25) is 0 Å². The van der Waals surface area contributed by atoms with E-state index in [1.165, 1.54) is 17.7 Å². The number of nitrogens with one attached hydrogen (secondary N) is 3. The number of carbonyl (C=O) groups is 2. The predicted molar refractivity (Wildman–Crippen MR) is 129 cm³/mol. The van der Waals surface area contributed by atoms with Crippen LogP contribution in [0, 0.1) is 6.92 Å². The van der Waals surface area contributed by atoms with Crippen LogP contribution in [0.25, 0.3) is 0 Å². The van der Waals surface area contributed by atoms with Crippen LogP contribution in [-0.4, -0.2) is 50.1 Å². The quantitative estimate of drug-likeness (QED) is 0.385. The highest BCUT2D eigenvalue weighted by atomic mass is 32.1. The average molecular weight is 486 g/mol. The van der Waals surface area contributed by atoms with Gasteiger partial charge in [-0.15, -0.1) is 0 Å². The molecule has 0 atom stereocenters. The Hall–Kier alpha value is -3.80. The van der Waals surface area contributed by atoms with Crippen LogP contribution >= 0.6 is 11.5 Å². The third kappa shape index (κ3) is 7.66. The van der Waals surface area contributed by atoms with Gasteiger partial charge in [-0.25, -0.2) is 14.8 Å². The highest BCUT2D eigenvalue weighted by Crippen LogP contribution is 2.28. The Bertz CT molecular complexity index is 1100.